The Morgan fingerprint density at radius 2 is 1.59 bits per heavy atom. The highest BCUT2D eigenvalue weighted by atomic mass is 32.2. The van der Waals surface area contributed by atoms with Crippen molar-refractivity contribution in [2.75, 3.05) is 0 Å². The standard InChI is InChI=1S/C20H22OS/c1-17(21)15-16-20(22-19-12-6-3-7-13-19)14-8-11-18-9-4-2-5-10-18/h2-7,9-10,12-14H,8,11,15-16H2,1H3/b20-14-. The lowest BCUT2D eigenvalue weighted by Gasteiger charge is -2.07. The smallest absolute Gasteiger partial charge is 0.130 e. The van der Waals surface area contributed by atoms with Crippen LogP contribution in [0.3, 0.4) is 0 Å². The molecule has 0 aliphatic rings. The minimum Gasteiger partial charge on any atom is -0.300 e. The van der Waals surface area contributed by atoms with Crippen molar-refractivity contribution in [2.24, 2.45) is 0 Å². The number of hydrogen-bond acceptors (Lipinski definition) is 2. The quantitative estimate of drug-likeness (QED) is 0.585. The van der Waals surface area contributed by atoms with E-state index in [1.807, 2.05) is 12.1 Å². The molecule has 22 heavy (non-hydrogen) atoms. The van der Waals surface area contributed by atoms with E-state index < -0.39 is 0 Å². The van der Waals surface area contributed by atoms with Crippen LogP contribution in [0.2, 0.25) is 0 Å². The van der Waals surface area contributed by atoms with Crippen LogP contribution in [-0.2, 0) is 11.2 Å². The summed E-state index contributed by atoms with van der Waals surface area (Å²) in [6, 6.07) is 20.9. The third-order valence-electron chi connectivity index (χ3n) is 3.36. The molecule has 0 amide bonds. The Labute approximate surface area is 137 Å². The summed E-state index contributed by atoms with van der Waals surface area (Å²) in [6.45, 7) is 1.66. The first-order chi connectivity index (χ1) is 10.7. The maximum Gasteiger partial charge on any atom is 0.130 e. The van der Waals surface area contributed by atoms with E-state index >= 15 is 0 Å². The largest absolute Gasteiger partial charge is 0.300 e. The maximum atomic E-state index is 11.3. The third kappa shape index (κ3) is 6.31. The SMILES string of the molecule is CC(=O)CC/C(=C/CCc1ccccc1)Sc1ccccc1. The Morgan fingerprint density at radius 1 is 0.955 bits per heavy atom. The second-order valence-electron chi connectivity index (χ2n) is 5.31. The molecule has 2 heteroatoms. The highest BCUT2D eigenvalue weighted by molar-refractivity contribution is 8.03. The Bertz CT molecular complexity index is 602. The molecule has 0 spiro atoms. The first-order valence-corrected chi connectivity index (χ1v) is 8.51. The molecule has 0 bridgehead atoms. The summed E-state index contributed by atoms with van der Waals surface area (Å²) in [6.07, 6.45) is 5.80. The van der Waals surface area contributed by atoms with Gasteiger partial charge < -0.3 is 4.79 Å². The van der Waals surface area contributed by atoms with Gasteiger partial charge in [-0.25, -0.2) is 0 Å². The van der Waals surface area contributed by atoms with Crippen molar-refractivity contribution < 1.29 is 4.79 Å². The summed E-state index contributed by atoms with van der Waals surface area (Å²) in [5, 5.41) is 0. The summed E-state index contributed by atoms with van der Waals surface area (Å²) in [7, 11) is 0. The van der Waals surface area contributed by atoms with Crippen molar-refractivity contribution in [2.45, 2.75) is 37.5 Å². The molecule has 0 atom stereocenters. The summed E-state index contributed by atoms with van der Waals surface area (Å²) in [4.78, 5) is 13.8. The van der Waals surface area contributed by atoms with Gasteiger partial charge in [0.2, 0.25) is 0 Å². The number of thioether (sulfide) groups is 1. The molecule has 0 aliphatic carbocycles. The van der Waals surface area contributed by atoms with E-state index in [1.165, 1.54) is 15.4 Å². The van der Waals surface area contributed by atoms with Crippen LogP contribution >= 0.6 is 11.8 Å². The second-order valence-corrected chi connectivity index (χ2v) is 6.51. The van der Waals surface area contributed by atoms with Crippen LogP contribution in [0, 0.1) is 0 Å². The second kappa shape index (κ2) is 9.26. The number of Topliss-reactive ketones (excluding diaryl/α,β-unsaturated/α-hetero) is 1. The van der Waals surface area contributed by atoms with Gasteiger partial charge in [-0.15, -0.1) is 0 Å². The number of hydrogen-bond donors (Lipinski definition) is 0. The molecule has 2 aromatic carbocycles. The molecule has 0 aromatic heterocycles. The van der Waals surface area contributed by atoms with Crippen LogP contribution in [0.15, 0.2) is 76.5 Å². The zero-order valence-corrected chi connectivity index (χ0v) is 13.8. The minimum atomic E-state index is 0.252. The Morgan fingerprint density at radius 3 is 2.23 bits per heavy atom. The van der Waals surface area contributed by atoms with E-state index in [0.29, 0.717) is 6.42 Å². The Kier molecular flexibility index (Phi) is 6.98. The first-order valence-electron chi connectivity index (χ1n) is 7.69. The number of allylic oxidation sites excluding steroid dienone is 2. The number of carbonyl (C=O) groups is 1. The van der Waals surface area contributed by atoms with Gasteiger partial charge in [0.05, 0.1) is 0 Å². The van der Waals surface area contributed by atoms with Gasteiger partial charge in [-0.05, 0) is 48.8 Å². The number of ketones is 1. The fourth-order valence-electron chi connectivity index (χ4n) is 2.18. The molecular weight excluding hydrogens is 288 g/mol. The van der Waals surface area contributed by atoms with Crippen LogP contribution in [0.4, 0.5) is 0 Å². The van der Waals surface area contributed by atoms with Gasteiger partial charge in [-0.2, -0.15) is 0 Å². The molecule has 0 radical (unpaired) electrons. The summed E-state index contributed by atoms with van der Waals surface area (Å²) in [5.41, 5.74) is 1.36. The van der Waals surface area contributed by atoms with Crippen LogP contribution in [-0.4, -0.2) is 5.78 Å². The van der Waals surface area contributed by atoms with Gasteiger partial charge in [0, 0.05) is 11.3 Å². The van der Waals surface area contributed by atoms with Crippen LogP contribution in [0.5, 0.6) is 0 Å². The lowest BCUT2D eigenvalue weighted by Crippen LogP contribution is -1.91. The van der Waals surface area contributed by atoms with E-state index in [1.54, 1.807) is 18.7 Å². The highest BCUT2D eigenvalue weighted by Gasteiger charge is 2.03. The molecule has 1 nitrogen and oxygen atoms in total. The van der Waals surface area contributed by atoms with E-state index in [2.05, 4.69) is 54.6 Å². The maximum absolute atomic E-state index is 11.3. The van der Waals surface area contributed by atoms with Crippen molar-refractivity contribution in [3.8, 4) is 0 Å². The van der Waals surface area contributed by atoms with Crippen molar-refractivity contribution in [1.82, 2.24) is 0 Å². The van der Waals surface area contributed by atoms with E-state index in [-0.39, 0.29) is 5.78 Å². The van der Waals surface area contributed by atoms with Crippen molar-refractivity contribution >= 4 is 17.5 Å². The number of carbonyl (C=O) groups excluding carboxylic acids is 1. The van der Waals surface area contributed by atoms with Crippen molar-refractivity contribution in [1.29, 1.82) is 0 Å². The first kappa shape index (κ1) is 16.6. The van der Waals surface area contributed by atoms with Gasteiger partial charge in [-0.3, -0.25) is 0 Å². The fraction of sp³-hybridized carbons (Fsp3) is 0.250. The molecule has 0 saturated carbocycles. The summed E-state index contributed by atoms with van der Waals surface area (Å²) >= 11 is 1.77. The highest BCUT2D eigenvalue weighted by Crippen LogP contribution is 2.30. The Hall–Kier alpha value is -1.80. The van der Waals surface area contributed by atoms with Crippen molar-refractivity contribution in [3.05, 3.63) is 77.2 Å². The summed E-state index contributed by atoms with van der Waals surface area (Å²) in [5.74, 6) is 0.252. The molecule has 114 valence electrons. The van der Waals surface area contributed by atoms with Crippen molar-refractivity contribution in [3.63, 3.8) is 0 Å². The van der Waals surface area contributed by atoms with Gasteiger partial charge in [0.15, 0.2) is 0 Å². The number of rotatable bonds is 8. The molecular formula is C20H22OS. The normalized spacial score (nSPS) is 11.4. The van der Waals surface area contributed by atoms with Gasteiger partial charge in [0.1, 0.15) is 5.78 Å². The predicted molar refractivity (Wildman–Crippen MR) is 95.1 cm³/mol. The van der Waals surface area contributed by atoms with Gasteiger partial charge in [-0.1, -0.05) is 66.4 Å². The average molecular weight is 310 g/mol. The lowest BCUT2D eigenvalue weighted by molar-refractivity contribution is -0.116. The molecule has 2 aromatic rings. The lowest BCUT2D eigenvalue weighted by atomic mass is 10.1. The van der Waals surface area contributed by atoms with Crippen LogP contribution in [0.25, 0.3) is 0 Å². The van der Waals surface area contributed by atoms with Gasteiger partial charge in [0.25, 0.3) is 0 Å². The van der Waals surface area contributed by atoms with Crippen LogP contribution < -0.4 is 0 Å². The average Bonchev–Trinajstić information content (AvgIpc) is 2.54. The van der Waals surface area contributed by atoms with Gasteiger partial charge >= 0.3 is 0 Å². The predicted octanol–water partition coefficient (Wildman–Crippen LogP) is 5.66. The molecule has 0 fully saturated rings. The van der Waals surface area contributed by atoms with E-state index in [9.17, 15) is 4.79 Å². The molecule has 0 aliphatic heterocycles. The minimum absolute atomic E-state index is 0.252. The fourth-order valence-corrected chi connectivity index (χ4v) is 3.18. The third-order valence-corrected chi connectivity index (χ3v) is 4.50. The summed E-state index contributed by atoms with van der Waals surface area (Å²) < 4.78 is 0. The number of benzene rings is 2. The number of aryl methyl sites for hydroxylation is 1. The zero-order chi connectivity index (χ0) is 15.6. The van der Waals surface area contributed by atoms with E-state index in [4.69, 9.17) is 0 Å². The topological polar surface area (TPSA) is 17.1 Å². The Balaban J connectivity index is 1.96. The monoisotopic (exact) mass is 310 g/mol. The van der Waals surface area contributed by atoms with E-state index in [0.717, 1.165) is 19.3 Å². The molecule has 2 rings (SSSR count). The zero-order valence-electron chi connectivity index (χ0n) is 13.0. The molecule has 0 saturated heterocycles. The molecule has 0 unspecified atom stereocenters. The van der Waals surface area contributed by atoms with Crippen LogP contribution in [0.1, 0.15) is 31.7 Å². The molecule has 0 N–H and O–H groups in total. The molecule has 0 heterocycles.